The van der Waals surface area contributed by atoms with Crippen molar-refractivity contribution in [1.82, 2.24) is 0 Å². The van der Waals surface area contributed by atoms with Crippen LogP contribution in [0, 0.1) is 10.8 Å². The van der Waals surface area contributed by atoms with Crippen LogP contribution < -0.4 is 0 Å². The molecule has 0 aliphatic heterocycles. The van der Waals surface area contributed by atoms with Gasteiger partial charge in [0.05, 0.1) is 6.10 Å². The SMILES string of the molecule is CCOC(C)CCC(C)(C)CC1(C(C)=O)CCC1(C)Br. The fourth-order valence-electron chi connectivity index (χ4n) is 3.58. The lowest BCUT2D eigenvalue weighted by Crippen LogP contribution is -2.57. The molecule has 0 aromatic carbocycles. The highest BCUT2D eigenvalue weighted by molar-refractivity contribution is 9.10. The maximum Gasteiger partial charge on any atom is 0.137 e. The zero-order valence-corrected chi connectivity index (χ0v) is 15.6. The van der Waals surface area contributed by atoms with Crippen LogP contribution in [0.4, 0.5) is 0 Å². The number of Topliss-reactive ketones (excluding diaryl/α,β-unsaturated/α-hetero) is 1. The lowest BCUT2D eigenvalue weighted by atomic mass is 9.53. The van der Waals surface area contributed by atoms with Crippen molar-refractivity contribution in [3.63, 3.8) is 0 Å². The molecule has 1 fully saturated rings. The van der Waals surface area contributed by atoms with E-state index in [1.165, 1.54) is 0 Å². The van der Waals surface area contributed by atoms with Crippen LogP contribution in [0.1, 0.15) is 73.6 Å². The Morgan fingerprint density at radius 1 is 1.40 bits per heavy atom. The van der Waals surface area contributed by atoms with E-state index in [0.717, 1.165) is 38.7 Å². The minimum atomic E-state index is -0.175. The number of hydrogen-bond donors (Lipinski definition) is 0. The molecule has 0 radical (unpaired) electrons. The third-order valence-electron chi connectivity index (χ3n) is 5.15. The van der Waals surface area contributed by atoms with Gasteiger partial charge in [-0.1, -0.05) is 29.8 Å². The molecule has 1 aliphatic rings. The van der Waals surface area contributed by atoms with E-state index in [9.17, 15) is 4.79 Å². The molecule has 118 valence electrons. The molecule has 1 aliphatic carbocycles. The van der Waals surface area contributed by atoms with Crippen LogP contribution in [-0.2, 0) is 9.53 Å². The average molecular weight is 347 g/mol. The van der Waals surface area contributed by atoms with Crippen LogP contribution in [0.5, 0.6) is 0 Å². The van der Waals surface area contributed by atoms with Gasteiger partial charge < -0.3 is 4.74 Å². The first-order chi connectivity index (χ1) is 9.06. The van der Waals surface area contributed by atoms with Crippen molar-refractivity contribution in [3.05, 3.63) is 0 Å². The van der Waals surface area contributed by atoms with Gasteiger partial charge in [0.1, 0.15) is 5.78 Å². The quantitative estimate of drug-likeness (QED) is 0.569. The molecule has 0 bridgehead atoms. The third kappa shape index (κ3) is 3.85. The summed E-state index contributed by atoms with van der Waals surface area (Å²) in [5, 5.41) is 0. The first-order valence-corrected chi connectivity index (χ1v) is 8.67. The summed E-state index contributed by atoms with van der Waals surface area (Å²) in [6.45, 7) is 13.5. The molecule has 0 saturated heterocycles. The van der Waals surface area contributed by atoms with Crippen molar-refractivity contribution < 1.29 is 9.53 Å². The second-order valence-electron chi connectivity index (χ2n) is 7.48. The molecule has 1 rings (SSSR count). The first kappa shape index (κ1) is 18.2. The summed E-state index contributed by atoms with van der Waals surface area (Å²) >= 11 is 3.80. The molecule has 0 amide bonds. The standard InChI is InChI=1S/C17H31BrO2/c1-7-20-13(2)8-9-15(4,5)12-17(14(3)19)11-10-16(17,6)18/h13H,7-12H2,1-6H3. The zero-order valence-electron chi connectivity index (χ0n) is 14.0. The summed E-state index contributed by atoms with van der Waals surface area (Å²) < 4.78 is 5.60. The normalized spacial score (nSPS) is 31.8. The van der Waals surface area contributed by atoms with Gasteiger partial charge in [-0.05, 0) is 65.2 Å². The van der Waals surface area contributed by atoms with E-state index < -0.39 is 0 Å². The van der Waals surface area contributed by atoms with Crippen molar-refractivity contribution in [2.24, 2.45) is 10.8 Å². The Hall–Kier alpha value is 0.110. The summed E-state index contributed by atoms with van der Waals surface area (Å²) in [6.07, 6.45) is 5.56. The second-order valence-corrected chi connectivity index (χ2v) is 9.23. The van der Waals surface area contributed by atoms with Crippen LogP contribution in [0.2, 0.25) is 0 Å². The number of rotatable bonds is 8. The number of hydrogen-bond acceptors (Lipinski definition) is 2. The molecule has 0 heterocycles. The van der Waals surface area contributed by atoms with Crippen LogP contribution in [0.25, 0.3) is 0 Å². The van der Waals surface area contributed by atoms with Crippen molar-refractivity contribution in [2.45, 2.75) is 84.1 Å². The van der Waals surface area contributed by atoms with Gasteiger partial charge in [-0.2, -0.15) is 0 Å². The number of carbonyl (C=O) groups excluding carboxylic acids is 1. The molecule has 0 spiro atoms. The lowest BCUT2D eigenvalue weighted by Gasteiger charge is -2.56. The second kappa shape index (κ2) is 6.48. The Morgan fingerprint density at radius 3 is 2.35 bits per heavy atom. The summed E-state index contributed by atoms with van der Waals surface area (Å²) in [5.74, 6) is 0.342. The predicted octanol–water partition coefficient (Wildman–Crippen LogP) is 5.13. The Morgan fingerprint density at radius 2 is 2.00 bits per heavy atom. The fraction of sp³-hybridized carbons (Fsp3) is 0.941. The molecular formula is C17H31BrO2. The smallest absolute Gasteiger partial charge is 0.137 e. The van der Waals surface area contributed by atoms with Crippen molar-refractivity contribution >= 4 is 21.7 Å². The number of ether oxygens (including phenoxy) is 1. The van der Waals surface area contributed by atoms with E-state index in [1.807, 2.05) is 6.92 Å². The van der Waals surface area contributed by atoms with Crippen molar-refractivity contribution in [1.29, 1.82) is 0 Å². The highest BCUT2D eigenvalue weighted by atomic mass is 79.9. The molecule has 3 heteroatoms. The monoisotopic (exact) mass is 346 g/mol. The number of halogens is 1. The van der Waals surface area contributed by atoms with E-state index in [2.05, 4.69) is 43.6 Å². The highest BCUT2D eigenvalue weighted by Crippen LogP contribution is 2.61. The molecule has 20 heavy (non-hydrogen) atoms. The largest absolute Gasteiger partial charge is 0.379 e. The Balaban J connectivity index is 2.66. The summed E-state index contributed by atoms with van der Waals surface area (Å²) in [6, 6.07) is 0. The van der Waals surface area contributed by atoms with Crippen LogP contribution in [0.3, 0.4) is 0 Å². The predicted molar refractivity (Wildman–Crippen MR) is 88.4 cm³/mol. The third-order valence-corrected chi connectivity index (χ3v) is 6.31. The Kier molecular flexibility index (Phi) is 5.88. The van der Waals surface area contributed by atoms with Crippen LogP contribution >= 0.6 is 15.9 Å². The molecule has 2 nitrogen and oxygen atoms in total. The molecule has 0 aromatic heterocycles. The average Bonchev–Trinajstić information content (AvgIpc) is 2.32. The van der Waals surface area contributed by atoms with Crippen LogP contribution in [-0.4, -0.2) is 22.8 Å². The topological polar surface area (TPSA) is 26.3 Å². The summed E-state index contributed by atoms with van der Waals surface area (Å²) in [7, 11) is 0. The molecule has 3 unspecified atom stereocenters. The van der Waals surface area contributed by atoms with E-state index in [0.29, 0.717) is 11.9 Å². The Labute approximate surface area is 133 Å². The minimum absolute atomic E-state index is 0.0192. The van der Waals surface area contributed by atoms with E-state index in [4.69, 9.17) is 4.74 Å². The first-order valence-electron chi connectivity index (χ1n) is 7.88. The van der Waals surface area contributed by atoms with Gasteiger partial charge in [0.2, 0.25) is 0 Å². The minimum Gasteiger partial charge on any atom is -0.379 e. The van der Waals surface area contributed by atoms with Gasteiger partial charge >= 0.3 is 0 Å². The molecule has 0 N–H and O–H groups in total. The summed E-state index contributed by atoms with van der Waals surface area (Å²) in [4.78, 5) is 12.2. The van der Waals surface area contributed by atoms with Gasteiger partial charge in [0.25, 0.3) is 0 Å². The van der Waals surface area contributed by atoms with Crippen molar-refractivity contribution in [3.8, 4) is 0 Å². The van der Waals surface area contributed by atoms with E-state index in [1.54, 1.807) is 6.92 Å². The molecule has 3 atom stereocenters. The maximum absolute atomic E-state index is 12.2. The van der Waals surface area contributed by atoms with E-state index >= 15 is 0 Å². The number of ketones is 1. The van der Waals surface area contributed by atoms with Crippen molar-refractivity contribution in [2.75, 3.05) is 6.61 Å². The fourth-order valence-corrected chi connectivity index (χ4v) is 4.39. The number of carbonyl (C=O) groups is 1. The highest BCUT2D eigenvalue weighted by Gasteiger charge is 2.59. The molecular weight excluding hydrogens is 316 g/mol. The van der Waals surface area contributed by atoms with Gasteiger partial charge in [-0.15, -0.1) is 0 Å². The van der Waals surface area contributed by atoms with E-state index in [-0.39, 0.29) is 15.2 Å². The van der Waals surface area contributed by atoms with Gasteiger partial charge in [0.15, 0.2) is 0 Å². The number of alkyl halides is 1. The van der Waals surface area contributed by atoms with Gasteiger partial charge in [-0.25, -0.2) is 0 Å². The Bertz CT molecular complexity index is 349. The van der Waals surface area contributed by atoms with Crippen LogP contribution in [0.15, 0.2) is 0 Å². The zero-order chi connectivity index (χ0) is 15.6. The lowest BCUT2D eigenvalue weighted by molar-refractivity contribution is -0.137. The summed E-state index contributed by atoms with van der Waals surface area (Å²) in [5.41, 5.74) is -0.00215. The molecule has 1 saturated carbocycles. The van der Waals surface area contributed by atoms with Gasteiger partial charge in [0, 0.05) is 16.3 Å². The van der Waals surface area contributed by atoms with Gasteiger partial charge in [-0.3, -0.25) is 4.79 Å². The maximum atomic E-state index is 12.2. The molecule has 0 aromatic rings.